The largest absolute Gasteiger partial charge is 0.494 e. The number of carbonyl (C=O) groups excluding carboxylic acids is 1. The van der Waals surface area contributed by atoms with Gasteiger partial charge in [-0.15, -0.1) is 6.58 Å². The van der Waals surface area contributed by atoms with Crippen molar-refractivity contribution in [3.63, 3.8) is 0 Å². The molecule has 4 heteroatoms. The van der Waals surface area contributed by atoms with E-state index in [0.717, 1.165) is 48.1 Å². The van der Waals surface area contributed by atoms with Crippen LogP contribution in [0.5, 0.6) is 5.75 Å². The lowest BCUT2D eigenvalue weighted by atomic mass is 9.82. The first-order chi connectivity index (χ1) is 12.2. The summed E-state index contributed by atoms with van der Waals surface area (Å²) < 4.78 is 5.58. The molecule has 1 saturated heterocycles. The third kappa shape index (κ3) is 4.07. The standard InChI is InChI=1S/C21H26N2O2/c1-3-15-14-22-11-9-16(15)5-8-21(24)18-10-12-23-20-7-6-17(25-4-2)13-19(18)20/h3,6-7,10,12-13,15-16,22H,1,4-5,8-9,11,14H2,2H3. The Morgan fingerprint density at radius 2 is 2.32 bits per heavy atom. The molecule has 2 aromatic rings. The second kappa shape index (κ2) is 8.26. The van der Waals surface area contributed by atoms with E-state index in [4.69, 9.17) is 4.74 Å². The van der Waals surface area contributed by atoms with Crippen LogP contribution in [-0.2, 0) is 0 Å². The van der Waals surface area contributed by atoms with E-state index in [1.165, 1.54) is 0 Å². The smallest absolute Gasteiger partial charge is 0.163 e. The highest BCUT2D eigenvalue weighted by Gasteiger charge is 2.23. The third-order valence-electron chi connectivity index (χ3n) is 5.05. The van der Waals surface area contributed by atoms with Crippen LogP contribution in [0.25, 0.3) is 10.9 Å². The normalized spacial score (nSPS) is 20.4. The van der Waals surface area contributed by atoms with E-state index in [2.05, 4.69) is 16.9 Å². The van der Waals surface area contributed by atoms with Gasteiger partial charge in [0.2, 0.25) is 0 Å². The molecule has 0 bridgehead atoms. The van der Waals surface area contributed by atoms with Gasteiger partial charge in [0.15, 0.2) is 5.78 Å². The van der Waals surface area contributed by atoms with Crippen LogP contribution >= 0.6 is 0 Å². The van der Waals surface area contributed by atoms with Crippen LogP contribution in [0, 0.1) is 11.8 Å². The Labute approximate surface area is 149 Å². The van der Waals surface area contributed by atoms with Crippen LogP contribution < -0.4 is 10.1 Å². The van der Waals surface area contributed by atoms with E-state index in [0.29, 0.717) is 24.9 Å². The van der Waals surface area contributed by atoms with Gasteiger partial charge in [-0.1, -0.05) is 6.08 Å². The minimum atomic E-state index is 0.183. The van der Waals surface area contributed by atoms with Gasteiger partial charge < -0.3 is 10.1 Å². The first-order valence-corrected chi connectivity index (χ1v) is 9.11. The fourth-order valence-corrected chi connectivity index (χ4v) is 3.65. The highest BCUT2D eigenvalue weighted by molar-refractivity contribution is 6.07. The van der Waals surface area contributed by atoms with E-state index >= 15 is 0 Å². The van der Waals surface area contributed by atoms with Crippen molar-refractivity contribution in [2.45, 2.75) is 26.2 Å². The number of hydrogen-bond donors (Lipinski definition) is 1. The Balaban J connectivity index is 1.77. The van der Waals surface area contributed by atoms with Crippen LogP contribution in [0.3, 0.4) is 0 Å². The predicted molar refractivity (Wildman–Crippen MR) is 101 cm³/mol. The molecule has 0 radical (unpaired) electrons. The summed E-state index contributed by atoms with van der Waals surface area (Å²) in [7, 11) is 0. The zero-order valence-electron chi connectivity index (χ0n) is 14.8. The molecule has 1 aromatic carbocycles. The molecular formula is C21H26N2O2. The molecule has 1 aliphatic heterocycles. The Morgan fingerprint density at radius 1 is 1.44 bits per heavy atom. The number of fused-ring (bicyclic) bond motifs is 1. The van der Waals surface area contributed by atoms with E-state index < -0.39 is 0 Å². The summed E-state index contributed by atoms with van der Waals surface area (Å²) in [6.45, 7) is 8.50. The van der Waals surface area contributed by atoms with Gasteiger partial charge in [0.1, 0.15) is 5.75 Å². The van der Waals surface area contributed by atoms with Crippen molar-refractivity contribution in [3.05, 3.63) is 48.7 Å². The van der Waals surface area contributed by atoms with Gasteiger partial charge in [0.25, 0.3) is 0 Å². The van der Waals surface area contributed by atoms with Gasteiger partial charge in [-0.25, -0.2) is 0 Å². The maximum Gasteiger partial charge on any atom is 0.163 e. The van der Waals surface area contributed by atoms with Gasteiger partial charge in [-0.05, 0) is 62.4 Å². The van der Waals surface area contributed by atoms with Crippen molar-refractivity contribution in [3.8, 4) is 5.75 Å². The van der Waals surface area contributed by atoms with Crippen LogP contribution in [0.1, 0.15) is 36.5 Å². The molecule has 3 rings (SSSR count). The molecule has 0 amide bonds. The minimum Gasteiger partial charge on any atom is -0.494 e. The quantitative estimate of drug-likeness (QED) is 0.612. The Morgan fingerprint density at radius 3 is 3.12 bits per heavy atom. The number of Topliss-reactive ketones (excluding diaryl/α,β-unsaturated/α-hetero) is 1. The Bertz CT molecular complexity index is 757. The van der Waals surface area contributed by atoms with Crippen LogP contribution in [0.4, 0.5) is 0 Å². The summed E-state index contributed by atoms with van der Waals surface area (Å²) in [5.41, 5.74) is 1.58. The fourth-order valence-electron chi connectivity index (χ4n) is 3.65. The second-order valence-corrected chi connectivity index (χ2v) is 6.58. The molecule has 2 unspecified atom stereocenters. The molecule has 1 aliphatic rings. The molecule has 0 spiro atoms. The Hall–Kier alpha value is -2.20. The number of rotatable bonds is 7. The van der Waals surface area contributed by atoms with Crippen LogP contribution in [0.2, 0.25) is 0 Å². The zero-order valence-corrected chi connectivity index (χ0v) is 14.8. The number of ketones is 1. The summed E-state index contributed by atoms with van der Waals surface area (Å²) >= 11 is 0. The van der Waals surface area contributed by atoms with E-state index in [-0.39, 0.29) is 5.78 Å². The first-order valence-electron chi connectivity index (χ1n) is 9.11. The second-order valence-electron chi connectivity index (χ2n) is 6.58. The number of aromatic nitrogens is 1. The van der Waals surface area contributed by atoms with E-state index in [1.54, 1.807) is 6.20 Å². The summed E-state index contributed by atoms with van der Waals surface area (Å²) in [6, 6.07) is 7.57. The van der Waals surface area contributed by atoms with Gasteiger partial charge in [-0.2, -0.15) is 0 Å². The Kier molecular flexibility index (Phi) is 5.82. The monoisotopic (exact) mass is 338 g/mol. The van der Waals surface area contributed by atoms with E-state index in [1.807, 2.05) is 37.3 Å². The summed E-state index contributed by atoms with van der Waals surface area (Å²) in [5, 5.41) is 4.28. The maximum atomic E-state index is 12.9. The lowest BCUT2D eigenvalue weighted by molar-refractivity contribution is 0.0968. The highest BCUT2D eigenvalue weighted by atomic mass is 16.5. The molecule has 1 N–H and O–H groups in total. The number of pyridine rings is 1. The van der Waals surface area contributed by atoms with Crippen LogP contribution in [-0.4, -0.2) is 30.5 Å². The van der Waals surface area contributed by atoms with Crippen molar-refractivity contribution < 1.29 is 9.53 Å². The van der Waals surface area contributed by atoms with Crippen molar-refractivity contribution in [2.75, 3.05) is 19.7 Å². The number of hydrogen-bond acceptors (Lipinski definition) is 4. The molecule has 2 atom stereocenters. The summed E-state index contributed by atoms with van der Waals surface area (Å²) in [4.78, 5) is 17.2. The van der Waals surface area contributed by atoms with Crippen LogP contribution in [0.15, 0.2) is 43.1 Å². The van der Waals surface area contributed by atoms with Gasteiger partial charge in [-0.3, -0.25) is 9.78 Å². The van der Waals surface area contributed by atoms with Crippen molar-refractivity contribution >= 4 is 16.7 Å². The molecule has 1 fully saturated rings. The number of ether oxygens (including phenoxy) is 1. The summed E-state index contributed by atoms with van der Waals surface area (Å²) in [5.74, 6) is 1.96. The molecule has 25 heavy (non-hydrogen) atoms. The number of nitrogens with zero attached hydrogens (tertiary/aromatic N) is 1. The molecular weight excluding hydrogens is 312 g/mol. The van der Waals surface area contributed by atoms with E-state index in [9.17, 15) is 4.79 Å². The van der Waals surface area contributed by atoms with Crippen molar-refractivity contribution in [1.29, 1.82) is 0 Å². The average molecular weight is 338 g/mol. The molecule has 0 saturated carbocycles. The van der Waals surface area contributed by atoms with Crippen molar-refractivity contribution in [1.82, 2.24) is 10.3 Å². The lowest BCUT2D eigenvalue weighted by Gasteiger charge is -2.29. The predicted octanol–water partition coefficient (Wildman–Crippen LogP) is 4.01. The molecule has 2 heterocycles. The minimum absolute atomic E-state index is 0.183. The third-order valence-corrected chi connectivity index (χ3v) is 5.05. The molecule has 1 aromatic heterocycles. The first kappa shape index (κ1) is 17.6. The maximum absolute atomic E-state index is 12.9. The molecule has 132 valence electrons. The van der Waals surface area contributed by atoms with Crippen molar-refractivity contribution in [2.24, 2.45) is 11.8 Å². The number of nitrogens with one attached hydrogen (secondary N) is 1. The molecule has 4 nitrogen and oxygen atoms in total. The molecule has 0 aliphatic carbocycles. The van der Waals surface area contributed by atoms with Gasteiger partial charge in [0, 0.05) is 30.1 Å². The SMILES string of the molecule is C=CC1CNCCC1CCC(=O)c1ccnc2ccc(OCC)cc12. The number of benzene rings is 1. The zero-order chi connectivity index (χ0) is 17.6. The summed E-state index contributed by atoms with van der Waals surface area (Å²) in [6.07, 6.45) is 6.32. The number of carbonyl (C=O) groups is 1. The lowest BCUT2D eigenvalue weighted by Crippen LogP contribution is -2.35. The highest BCUT2D eigenvalue weighted by Crippen LogP contribution is 2.28. The fraction of sp³-hybridized carbons (Fsp3) is 0.429. The van der Waals surface area contributed by atoms with Gasteiger partial charge >= 0.3 is 0 Å². The number of piperidine rings is 1. The average Bonchev–Trinajstić information content (AvgIpc) is 2.66. The van der Waals surface area contributed by atoms with Gasteiger partial charge in [0.05, 0.1) is 12.1 Å². The topological polar surface area (TPSA) is 51.2 Å².